The number of benzene rings is 1. The minimum Gasteiger partial charge on any atom is -0.311 e. The third kappa shape index (κ3) is 3.51. The largest absolute Gasteiger partial charge is 0.311 e. The molecule has 0 saturated carbocycles. The summed E-state index contributed by atoms with van der Waals surface area (Å²) in [7, 11) is 1.60. The average Bonchev–Trinajstić information content (AvgIpc) is 2.67. The number of anilines is 1. The Kier molecular flexibility index (Phi) is 4.37. The molecule has 106 valence electrons. The van der Waals surface area contributed by atoms with Gasteiger partial charge in [-0.15, -0.1) is 0 Å². The van der Waals surface area contributed by atoms with Crippen LogP contribution in [0.3, 0.4) is 0 Å². The second-order valence-corrected chi connectivity index (χ2v) is 8.23. The first-order valence-corrected chi connectivity index (χ1v) is 8.99. The molecule has 0 radical (unpaired) electrons. The molecule has 5 nitrogen and oxygen atoms in total. The zero-order valence-corrected chi connectivity index (χ0v) is 13.4. The van der Waals surface area contributed by atoms with Crippen molar-refractivity contribution in [3.8, 4) is 6.07 Å². The highest BCUT2D eigenvalue weighted by molar-refractivity contribution is 9.10. The number of rotatable bonds is 3. The number of amides is 1. The molecule has 1 saturated heterocycles. The van der Waals surface area contributed by atoms with Crippen molar-refractivity contribution in [2.75, 3.05) is 17.2 Å². The number of nitrogens with zero attached hydrogens (tertiary/aromatic N) is 2. The summed E-state index contributed by atoms with van der Waals surface area (Å²) in [5.74, 6) is -0.682. The third-order valence-electron chi connectivity index (χ3n) is 3.01. The van der Waals surface area contributed by atoms with Gasteiger partial charge in [-0.1, -0.05) is 0 Å². The van der Waals surface area contributed by atoms with Crippen LogP contribution in [0.5, 0.6) is 0 Å². The van der Waals surface area contributed by atoms with Crippen molar-refractivity contribution in [3.05, 3.63) is 28.2 Å². The van der Waals surface area contributed by atoms with Crippen LogP contribution in [0.4, 0.5) is 5.69 Å². The fourth-order valence-corrected chi connectivity index (χ4v) is 4.12. The van der Waals surface area contributed by atoms with Gasteiger partial charge in [-0.2, -0.15) is 5.26 Å². The van der Waals surface area contributed by atoms with E-state index in [1.807, 2.05) is 6.07 Å². The minimum atomic E-state index is -3.62. The summed E-state index contributed by atoms with van der Waals surface area (Å²) < 4.78 is 22.8. The van der Waals surface area contributed by atoms with Gasteiger partial charge >= 0.3 is 0 Å². The molecule has 0 bridgehead atoms. The van der Waals surface area contributed by atoms with Crippen molar-refractivity contribution >= 4 is 47.3 Å². The molecule has 0 spiro atoms. The Balaban J connectivity index is 2.22. The summed E-state index contributed by atoms with van der Waals surface area (Å²) in [6.45, 7) is 0.301. The van der Waals surface area contributed by atoms with Crippen molar-refractivity contribution in [1.82, 2.24) is 0 Å². The Bertz CT molecular complexity index is 699. The molecule has 1 aliphatic heterocycles. The van der Waals surface area contributed by atoms with E-state index in [1.165, 1.54) is 4.90 Å². The van der Waals surface area contributed by atoms with Gasteiger partial charge in [0.1, 0.15) is 0 Å². The highest BCUT2D eigenvalue weighted by Gasteiger charge is 2.33. The van der Waals surface area contributed by atoms with Gasteiger partial charge in [-0.25, -0.2) is 8.42 Å². The number of hydrogen-bond acceptors (Lipinski definition) is 4. The number of carbonyl (C=O) groups excluding carboxylic acids is 1. The SMILES string of the molecule is N#Cc1ccc(N2CC(CS(=O)(=O)Cl)CC2=O)c(Br)c1. The summed E-state index contributed by atoms with van der Waals surface area (Å²) >= 11 is 3.32. The van der Waals surface area contributed by atoms with E-state index in [1.54, 1.807) is 18.2 Å². The molecule has 1 atom stereocenters. The lowest BCUT2D eigenvalue weighted by Crippen LogP contribution is -2.25. The van der Waals surface area contributed by atoms with Crippen molar-refractivity contribution in [1.29, 1.82) is 5.26 Å². The number of hydrogen-bond donors (Lipinski definition) is 0. The van der Waals surface area contributed by atoms with E-state index in [-0.39, 0.29) is 24.0 Å². The molecule has 0 aromatic heterocycles. The van der Waals surface area contributed by atoms with Crippen LogP contribution in [0.2, 0.25) is 0 Å². The van der Waals surface area contributed by atoms with Crippen LogP contribution in [-0.2, 0) is 13.8 Å². The smallest absolute Gasteiger partial charge is 0.232 e. The van der Waals surface area contributed by atoms with Crippen LogP contribution in [0.15, 0.2) is 22.7 Å². The molecule has 1 amide bonds. The van der Waals surface area contributed by atoms with Crippen LogP contribution in [0.25, 0.3) is 0 Å². The lowest BCUT2D eigenvalue weighted by molar-refractivity contribution is -0.117. The summed E-state index contributed by atoms with van der Waals surface area (Å²) in [5.41, 5.74) is 1.11. The quantitative estimate of drug-likeness (QED) is 0.757. The first-order valence-electron chi connectivity index (χ1n) is 5.72. The summed E-state index contributed by atoms with van der Waals surface area (Å²) in [5, 5.41) is 8.81. The van der Waals surface area contributed by atoms with Crippen LogP contribution in [-0.4, -0.2) is 26.6 Å². The lowest BCUT2D eigenvalue weighted by atomic mass is 10.1. The lowest BCUT2D eigenvalue weighted by Gasteiger charge is -2.18. The Morgan fingerprint density at radius 3 is 2.75 bits per heavy atom. The number of nitriles is 1. The topological polar surface area (TPSA) is 78.2 Å². The van der Waals surface area contributed by atoms with Gasteiger partial charge in [0.2, 0.25) is 15.0 Å². The Hall–Kier alpha value is -1.10. The minimum absolute atomic E-state index is 0.151. The monoisotopic (exact) mass is 376 g/mol. The predicted molar refractivity (Wildman–Crippen MR) is 79.0 cm³/mol. The molecule has 0 N–H and O–H groups in total. The van der Waals surface area contributed by atoms with E-state index in [9.17, 15) is 13.2 Å². The van der Waals surface area contributed by atoms with Crippen molar-refractivity contribution < 1.29 is 13.2 Å². The predicted octanol–water partition coefficient (Wildman–Crippen LogP) is 2.24. The van der Waals surface area contributed by atoms with Gasteiger partial charge in [0.25, 0.3) is 0 Å². The van der Waals surface area contributed by atoms with Gasteiger partial charge < -0.3 is 4.90 Å². The van der Waals surface area contributed by atoms with Crippen molar-refractivity contribution in [2.45, 2.75) is 6.42 Å². The van der Waals surface area contributed by atoms with Crippen LogP contribution >= 0.6 is 26.6 Å². The molecule has 20 heavy (non-hydrogen) atoms. The zero-order chi connectivity index (χ0) is 14.9. The van der Waals surface area contributed by atoms with Crippen LogP contribution < -0.4 is 4.90 Å². The Morgan fingerprint density at radius 2 is 2.20 bits per heavy atom. The molecule has 0 aliphatic carbocycles. The number of halogens is 2. The normalized spacial score (nSPS) is 19.1. The highest BCUT2D eigenvalue weighted by Crippen LogP contribution is 2.32. The summed E-state index contributed by atoms with van der Waals surface area (Å²) in [6.07, 6.45) is 0.151. The van der Waals surface area contributed by atoms with Crippen LogP contribution in [0.1, 0.15) is 12.0 Å². The van der Waals surface area contributed by atoms with E-state index >= 15 is 0 Å². The third-order valence-corrected chi connectivity index (χ3v) is 4.89. The molecule has 8 heteroatoms. The van der Waals surface area contributed by atoms with Crippen LogP contribution in [0, 0.1) is 17.2 Å². The fraction of sp³-hybridized carbons (Fsp3) is 0.333. The molecule has 2 rings (SSSR count). The van der Waals surface area contributed by atoms with E-state index in [2.05, 4.69) is 15.9 Å². The summed E-state index contributed by atoms with van der Waals surface area (Å²) in [6, 6.07) is 6.90. The van der Waals surface area contributed by atoms with E-state index < -0.39 is 9.05 Å². The number of carbonyl (C=O) groups is 1. The van der Waals surface area contributed by atoms with E-state index in [0.717, 1.165) is 0 Å². The Labute approximate surface area is 129 Å². The second-order valence-electron chi connectivity index (χ2n) is 4.56. The van der Waals surface area contributed by atoms with Crippen molar-refractivity contribution in [2.24, 2.45) is 5.92 Å². The molecule has 1 aromatic carbocycles. The van der Waals surface area contributed by atoms with Gasteiger partial charge in [0.05, 0.1) is 23.1 Å². The second kappa shape index (κ2) is 5.72. The first-order chi connectivity index (χ1) is 9.30. The summed E-state index contributed by atoms with van der Waals surface area (Å²) in [4.78, 5) is 13.5. The molecule has 1 aliphatic rings. The molecule has 1 heterocycles. The molecule has 1 unspecified atom stereocenters. The average molecular weight is 378 g/mol. The van der Waals surface area contributed by atoms with Gasteiger partial charge in [-0.3, -0.25) is 4.79 Å². The fourth-order valence-electron chi connectivity index (χ4n) is 2.20. The van der Waals surface area contributed by atoms with Gasteiger partial charge in [0, 0.05) is 34.0 Å². The van der Waals surface area contributed by atoms with Gasteiger partial charge in [0.15, 0.2) is 0 Å². The maximum Gasteiger partial charge on any atom is 0.232 e. The molecule has 1 aromatic rings. The van der Waals surface area contributed by atoms with Gasteiger partial charge in [-0.05, 0) is 34.1 Å². The maximum atomic E-state index is 12.0. The molecular weight excluding hydrogens is 368 g/mol. The highest BCUT2D eigenvalue weighted by atomic mass is 79.9. The Morgan fingerprint density at radius 1 is 1.50 bits per heavy atom. The maximum absolute atomic E-state index is 12.0. The molecule has 1 fully saturated rings. The zero-order valence-electron chi connectivity index (χ0n) is 10.2. The first kappa shape index (κ1) is 15.3. The van der Waals surface area contributed by atoms with E-state index in [4.69, 9.17) is 15.9 Å². The van der Waals surface area contributed by atoms with E-state index in [0.29, 0.717) is 22.3 Å². The molecular formula is C12H10BrClN2O3S. The standard InChI is InChI=1S/C12H10BrClN2O3S/c13-10-3-8(5-15)1-2-11(10)16-6-9(4-12(16)17)7-20(14,18)19/h1-3,9H,4,6-7H2. The van der Waals surface area contributed by atoms with Crippen molar-refractivity contribution in [3.63, 3.8) is 0 Å².